The molecule has 1 aromatic carbocycles. The van der Waals surface area contributed by atoms with Crippen LogP contribution in [0.3, 0.4) is 0 Å². The minimum atomic E-state index is -0.497. The fraction of sp³-hybridized carbons (Fsp3) is 0.471. The highest BCUT2D eigenvalue weighted by Gasteiger charge is 2.34. The largest absolute Gasteiger partial charge is 0.497 e. The first-order chi connectivity index (χ1) is 11.6. The lowest BCUT2D eigenvalue weighted by molar-refractivity contribution is -0.139. The summed E-state index contributed by atoms with van der Waals surface area (Å²) in [7, 11) is 1.61. The van der Waals surface area contributed by atoms with Gasteiger partial charge in [-0.3, -0.25) is 14.5 Å². The van der Waals surface area contributed by atoms with Gasteiger partial charge in [-0.15, -0.1) is 0 Å². The van der Waals surface area contributed by atoms with E-state index < -0.39 is 6.03 Å². The Labute approximate surface area is 140 Å². The number of piperidine rings is 1. The summed E-state index contributed by atoms with van der Waals surface area (Å²) in [6.45, 7) is 0.390. The van der Waals surface area contributed by atoms with Crippen LogP contribution in [0.15, 0.2) is 24.3 Å². The monoisotopic (exact) mass is 331 g/mol. The Kier molecular flexibility index (Phi) is 4.69. The first-order valence-corrected chi connectivity index (χ1v) is 8.12. The third kappa shape index (κ3) is 3.20. The highest BCUT2D eigenvalue weighted by Crippen LogP contribution is 2.32. The second-order valence-corrected chi connectivity index (χ2v) is 6.01. The number of hydrogen-bond acceptors (Lipinski definition) is 4. The lowest BCUT2D eigenvalue weighted by atomic mass is 9.95. The molecule has 2 aliphatic rings. The number of nitrogens with one attached hydrogen (secondary N) is 1. The topological polar surface area (TPSA) is 79.0 Å². The van der Waals surface area contributed by atoms with Crippen LogP contribution in [0.2, 0.25) is 0 Å². The molecule has 128 valence electrons. The summed E-state index contributed by atoms with van der Waals surface area (Å²) in [6, 6.07) is 7.14. The van der Waals surface area contributed by atoms with Gasteiger partial charge in [0.1, 0.15) is 12.3 Å². The van der Waals surface area contributed by atoms with Gasteiger partial charge in [0.2, 0.25) is 5.91 Å². The fourth-order valence-electron chi connectivity index (χ4n) is 3.27. The number of likely N-dealkylation sites (tertiary alicyclic amines) is 1. The van der Waals surface area contributed by atoms with E-state index in [1.807, 2.05) is 24.3 Å². The average molecular weight is 331 g/mol. The van der Waals surface area contributed by atoms with Crippen molar-refractivity contribution in [3.05, 3.63) is 29.8 Å². The Balaban J connectivity index is 1.77. The van der Waals surface area contributed by atoms with E-state index in [4.69, 9.17) is 4.74 Å². The van der Waals surface area contributed by atoms with Crippen molar-refractivity contribution >= 4 is 17.8 Å². The molecule has 0 aliphatic carbocycles. The molecule has 1 aromatic rings. The fourth-order valence-corrected chi connectivity index (χ4v) is 3.27. The van der Waals surface area contributed by atoms with Crippen LogP contribution in [-0.4, -0.2) is 54.4 Å². The normalized spacial score (nSPS) is 21.0. The minimum absolute atomic E-state index is 0.0363. The van der Waals surface area contributed by atoms with Crippen LogP contribution >= 0.6 is 0 Å². The van der Waals surface area contributed by atoms with Crippen molar-refractivity contribution in [3.8, 4) is 5.75 Å². The van der Waals surface area contributed by atoms with Crippen LogP contribution < -0.4 is 10.1 Å². The Bertz CT molecular complexity index is 645. The minimum Gasteiger partial charge on any atom is -0.497 e. The van der Waals surface area contributed by atoms with E-state index in [-0.39, 0.29) is 30.9 Å². The molecule has 2 aliphatic heterocycles. The molecule has 1 unspecified atom stereocenters. The van der Waals surface area contributed by atoms with Gasteiger partial charge in [0.15, 0.2) is 0 Å². The molecule has 0 spiro atoms. The third-order valence-electron chi connectivity index (χ3n) is 4.53. The highest BCUT2D eigenvalue weighted by atomic mass is 16.5. The van der Waals surface area contributed by atoms with E-state index in [0.717, 1.165) is 35.5 Å². The van der Waals surface area contributed by atoms with Gasteiger partial charge >= 0.3 is 6.03 Å². The van der Waals surface area contributed by atoms with Crippen molar-refractivity contribution in [2.45, 2.75) is 25.3 Å². The van der Waals surface area contributed by atoms with Gasteiger partial charge in [-0.25, -0.2) is 4.79 Å². The molecule has 0 radical (unpaired) electrons. The summed E-state index contributed by atoms with van der Waals surface area (Å²) >= 11 is 0. The number of benzene rings is 1. The van der Waals surface area contributed by atoms with Gasteiger partial charge in [-0.05, 0) is 37.0 Å². The first-order valence-electron chi connectivity index (χ1n) is 8.12. The quantitative estimate of drug-likeness (QED) is 0.844. The summed E-state index contributed by atoms with van der Waals surface area (Å²) in [5.41, 5.74) is 1.01. The zero-order chi connectivity index (χ0) is 17.1. The number of ether oxygens (including phenoxy) is 1. The van der Waals surface area contributed by atoms with Crippen molar-refractivity contribution in [1.29, 1.82) is 0 Å². The van der Waals surface area contributed by atoms with E-state index >= 15 is 0 Å². The van der Waals surface area contributed by atoms with Crippen LogP contribution in [0.1, 0.15) is 30.9 Å². The average Bonchev–Trinajstić information content (AvgIpc) is 2.93. The lowest BCUT2D eigenvalue weighted by Gasteiger charge is -2.36. The van der Waals surface area contributed by atoms with Crippen molar-refractivity contribution in [3.63, 3.8) is 0 Å². The first kappa shape index (κ1) is 16.3. The van der Waals surface area contributed by atoms with Gasteiger partial charge in [-0.2, -0.15) is 0 Å². The molecule has 2 heterocycles. The van der Waals surface area contributed by atoms with Gasteiger partial charge in [0.25, 0.3) is 5.91 Å². The van der Waals surface area contributed by atoms with Crippen LogP contribution in [0.25, 0.3) is 0 Å². The number of amides is 4. The van der Waals surface area contributed by atoms with Crippen molar-refractivity contribution in [1.82, 2.24) is 15.1 Å². The smallest absolute Gasteiger partial charge is 0.325 e. The molecule has 3 rings (SSSR count). The molecule has 1 N–H and O–H groups in total. The lowest BCUT2D eigenvalue weighted by Crippen LogP contribution is -2.46. The standard InChI is InChI=1S/C17H21N3O4/c1-24-13-6-4-5-12(9-13)14-7-2-3-8-19(14)16(22)11-20-15(21)10-18-17(20)23/h4-6,9,14H,2-3,7-8,10-11H2,1H3,(H,18,23). The maximum absolute atomic E-state index is 12.7. The number of methoxy groups -OCH3 is 1. The molecule has 2 saturated heterocycles. The number of carbonyl (C=O) groups is 3. The molecule has 1 atom stereocenters. The molecule has 0 bridgehead atoms. The maximum Gasteiger partial charge on any atom is 0.325 e. The number of hydrogen-bond donors (Lipinski definition) is 1. The van der Waals surface area contributed by atoms with Crippen molar-refractivity contribution < 1.29 is 19.1 Å². The summed E-state index contributed by atoms with van der Waals surface area (Å²) in [5, 5.41) is 2.44. The van der Waals surface area contributed by atoms with Gasteiger partial charge < -0.3 is 15.0 Å². The SMILES string of the molecule is COc1cccc(C2CCCCN2C(=O)CN2C(=O)CNC2=O)c1. The zero-order valence-corrected chi connectivity index (χ0v) is 13.7. The Morgan fingerprint density at radius 1 is 1.33 bits per heavy atom. The zero-order valence-electron chi connectivity index (χ0n) is 13.7. The molecule has 2 fully saturated rings. The van der Waals surface area contributed by atoms with Crippen LogP contribution in [-0.2, 0) is 9.59 Å². The van der Waals surface area contributed by atoms with Gasteiger partial charge in [-0.1, -0.05) is 12.1 Å². The van der Waals surface area contributed by atoms with E-state index in [1.165, 1.54) is 0 Å². The summed E-state index contributed by atoms with van der Waals surface area (Å²) < 4.78 is 5.27. The van der Waals surface area contributed by atoms with Crippen molar-refractivity contribution in [2.75, 3.05) is 26.7 Å². The molecule has 4 amide bonds. The third-order valence-corrected chi connectivity index (χ3v) is 4.53. The van der Waals surface area contributed by atoms with Crippen LogP contribution in [0.4, 0.5) is 4.79 Å². The number of urea groups is 1. The number of imide groups is 1. The van der Waals surface area contributed by atoms with E-state index in [2.05, 4.69) is 5.32 Å². The Morgan fingerprint density at radius 3 is 2.88 bits per heavy atom. The maximum atomic E-state index is 12.7. The molecule has 7 heteroatoms. The predicted molar refractivity (Wildman–Crippen MR) is 86.4 cm³/mol. The second-order valence-electron chi connectivity index (χ2n) is 6.01. The molecule has 0 aromatic heterocycles. The Hall–Kier alpha value is -2.57. The van der Waals surface area contributed by atoms with Crippen LogP contribution in [0.5, 0.6) is 5.75 Å². The van der Waals surface area contributed by atoms with E-state index in [9.17, 15) is 14.4 Å². The molecule has 0 saturated carbocycles. The Morgan fingerprint density at radius 2 is 2.17 bits per heavy atom. The highest BCUT2D eigenvalue weighted by molar-refractivity contribution is 6.04. The predicted octanol–water partition coefficient (Wildman–Crippen LogP) is 1.30. The van der Waals surface area contributed by atoms with Gasteiger partial charge in [0.05, 0.1) is 19.7 Å². The summed E-state index contributed by atoms with van der Waals surface area (Å²) in [4.78, 5) is 38.8. The van der Waals surface area contributed by atoms with E-state index in [1.54, 1.807) is 12.0 Å². The molecular weight excluding hydrogens is 310 g/mol. The number of carbonyl (C=O) groups excluding carboxylic acids is 3. The summed E-state index contributed by atoms with van der Waals surface area (Å²) in [5.74, 6) is 0.191. The molecule has 7 nitrogen and oxygen atoms in total. The molecular formula is C17H21N3O4. The summed E-state index contributed by atoms with van der Waals surface area (Å²) in [6.07, 6.45) is 2.82. The van der Waals surface area contributed by atoms with Crippen LogP contribution in [0, 0.1) is 0 Å². The van der Waals surface area contributed by atoms with Gasteiger partial charge in [0, 0.05) is 6.54 Å². The molecule has 24 heavy (non-hydrogen) atoms. The van der Waals surface area contributed by atoms with Crippen molar-refractivity contribution in [2.24, 2.45) is 0 Å². The number of nitrogens with zero attached hydrogens (tertiary/aromatic N) is 2. The number of rotatable bonds is 4. The van der Waals surface area contributed by atoms with E-state index in [0.29, 0.717) is 6.54 Å². The second kappa shape index (κ2) is 6.90.